The molecule has 3 aromatic rings. The lowest BCUT2D eigenvalue weighted by atomic mass is 10.1. The van der Waals surface area contributed by atoms with Crippen molar-refractivity contribution in [3.63, 3.8) is 0 Å². The fraction of sp³-hybridized carbons (Fsp3) is 0.259. The molecule has 3 N–H and O–H groups in total. The zero-order valence-corrected chi connectivity index (χ0v) is 21.7. The van der Waals surface area contributed by atoms with Gasteiger partial charge in [-0.15, -0.1) is 0 Å². The van der Waals surface area contributed by atoms with E-state index in [-0.39, 0.29) is 18.7 Å². The average Bonchev–Trinajstić information content (AvgIpc) is 2.87. The van der Waals surface area contributed by atoms with Crippen LogP contribution in [0.3, 0.4) is 0 Å². The Balaban J connectivity index is 2.05. The monoisotopic (exact) mass is 541 g/mol. The number of phenols is 1. The van der Waals surface area contributed by atoms with Gasteiger partial charge < -0.3 is 24.6 Å². The van der Waals surface area contributed by atoms with Crippen LogP contribution >= 0.6 is 0 Å². The van der Waals surface area contributed by atoms with E-state index in [1.54, 1.807) is 51.1 Å². The second-order valence-corrected chi connectivity index (χ2v) is 9.25. The number of pyridine rings is 1. The smallest absolute Gasteiger partial charge is 0.426 e. The zero-order valence-electron chi connectivity index (χ0n) is 21.7. The van der Waals surface area contributed by atoms with Gasteiger partial charge in [-0.1, -0.05) is 36.4 Å². The number of methoxy groups -OCH3 is 1. The number of carbonyl (C=O) groups excluding carboxylic acids is 3. The van der Waals surface area contributed by atoms with Crippen LogP contribution in [0.25, 0.3) is 0 Å². The van der Waals surface area contributed by atoms with Crippen molar-refractivity contribution in [2.75, 3.05) is 12.5 Å². The highest BCUT2D eigenvalue weighted by Gasteiger charge is 2.28. The quantitative estimate of drug-likeness (QED) is 0.368. The largest absolute Gasteiger partial charge is 0.507 e. The number of ether oxygens (including phenoxy) is 3. The summed E-state index contributed by atoms with van der Waals surface area (Å²) in [5.74, 6) is -3.58. The average molecular weight is 542 g/mol. The lowest BCUT2D eigenvalue weighted by molar-refractivity contribution is 0.0572. The van der Waals surface area contributed by atoms with E-state index in [4.69, 9.17) is 14.2 Å². The van der Waals surface area contributed by atoms with Gasteiger partial charge in [-0.2, -0.15) is 0 Å². The number of hydrogen-bond donors (Lipinski definition) is 3. The topological polar surface area (TPSA) is 145 Å². The van der Waals surface area contributed by atoms with Crippen LogP contribution < -0.4 is 20.9 Å². The molecule has 2 amide bonds. The van der Waals surface area contributed by atoms with Crippen LogP contribution in [0.5, 0.6) is 11.5 Å². The first kappa shape index (κ1) is 28.7. The zero-order chi connectivity index (χ0) is 28.7. The summed E-state index contributed by atoms with van der Waals surface area (Å²) >= 11 is 0. The number of nitrogens with one attached hydrogen (secondary N) is 2. The maximum Gasteiger partial charge on any atom is 0.426 e. The minimum atomic E-state index is -1.03. The predicted octanol–water partition coefficient (Wildman–Crippen LogP) is 3.47. The van der Waals surface area contributed by atoms with Gasteiger partial charge in [-0.05, 0) is 32.4 Å². The molecule has 0 saturated carbocycles. The van der Waals surface area contributed by atoms with Crippen molar-refractivity contribution in [3.8, 4) is 11.5 Å². The van der Waals surface area contributed by atoms with Crippen molar-refractivity contribution >= 4 is 18.0 Å². The third-order valence-electron chi connectivity index (χ3n) is 5.11. The molecule has 0 aliphatic carbocycles. The number of esters is 1. The van der Waals surface area contributed by atoms with Gasteiger partial charge in [0.2, 0.25) is 11.2 Å². The van der Waals surface area contributed by atoms with Crippen LogP contribution in [0.15, 0.2) is 59.5 Å². The Labute approximate surface area is 223 Å². The van der Waals surface area contributed by atoms with Gasteiger partial charge in [0.05, 0.1) is 7.11 Å². The number of nitrogens with zero attached hydrogens (tertiary/aromatic N) is 1. The normalized spacial score (nSPS) is 10.9. The number of aromatic nitrogens is 1. The van der Waals surface area contributed by atoms with Crippen LogP contribution in [0.2, 0.25) is 0 Å². The summed E-state index contributed by atoms with van der Waals surface area (Å²) in [5.41, 5.74) is 0.277. The Bertz CT molecular complexity index is 1430. The minimum Gasteiger partial charge on any atom is -0.507 e. The Kier molecular flexibility index (Phi) is 8.92. The first-order valence-electron chi connectivity index (χ1n) is 11.7. The molecule has 0 saturated heterocycles. The number of hydrogen-bond acceptors (Lipinski definition) is 8. The molecule has 0 radical (unpaired) electrons. The number of rotatable bonds is 8. The highest BCUT2D eigenvalue weighted by Crippen LogP contribution is 2.20. The number of phenolic OH excluding ortho intramolecular Hbond substituents is 1. The molecular formula is C27H28FN3O8. The molecule has 1 aromatic heterocycles. The summed E-state index contributed by atoms with van der Waals surface area (Å²) in [6.45, 7) is 4.45. The summed E-state index contributed by atoms with van der Waals surface area (Å²) in [4.78, 5) is 51.7. The first-order chi connectivity index (χ1) is 18.4. The molecule has 11 nitrogen and oxygen atoms in total. The highest BCUT2D eigenvalue weighted by molar-refractivity contribution is 5.97. The van der Waals surface area contributed by atoms with E-state index in [0.717, 1.165) is 30.1 Å². The van der Waals surface area contributed by atoms with E-state index in [1.165, 1.54) is 6.07 Å². The number of amides is 2. The van der Waals surface area contributed by atoms with E-state index in [0.29, 0.717) is 5.56 Å². The lowest BCUT2D eigenvalue weighted by Crippen LogP contribution is -2.37. The predicted molar refractivity (Wildman–Crippen MR) is 138 cm³/mol. The highest BCUT2D eigenvalue weighted by atomic mass is 19.1. The molecule has 0 unspecified atom stereocenters. The van der Waals surface area contributed by atoms with Gasteiger partial charge in [0.1, 0.15) is 29.3 Å². The molecule has 3 rings (SSSR count). The van der Waals surface area contributed by atoms with Crippen molar-refractivity contribution in [3.05, 3.63) is 93.2 Å². The van der Waals surface area contributed by atoms with Crippen molar-refractivity contribution in [2.45, 2.75) is 39.5 Å². The molecule has 0 spiro atoms. The van der Waals surface area contributed by atoms with Crippen molar-refractivity contribution in [1.82, 2.24) is 9.99 Å². The summed E-state index contributed by atoms with van der Waals surface area (Å²) in [6, 6.07) is 12.0. The summed E-state index contributed by atoms with van der Waals surface area (Å²) in [7, 11) is 1.07. The molecule has 39 heavy (non-hydrogen) atoms. The van der Waals surface area contributed by atoms with E-state index >= 15 is 0 Å². The molecular weight excluding hydrogens is 513 g/mol. The van der Waals surface area contributed by atoms with Gasteiger partial charge in [0, 0.05) is 24.4 Å². The summed E-state index contributed by atoms with van der Waals surface area (Å²) < 4.78 is 29.9. The molecule has 206 valence electrons. The SMILES string of the molecule is COC(=O)c1c(OCc2ccccc2)c(=O)c(C(=O)NCc2ccc(F)cc2O)cn1NC(=O)OC(C)(C)C. The van der Waals surface area contributed by atoms with Gasteiger partial charge in [0.15, 0.2) is 5.69 Å². The maximum atomic E-state index is 13.4. The standard InChI is InChI=1S/C27H28FN3O8/c1-27(2,3)39-26(36)30-31-14-19(24(34)29-13-17-10-11-18(28)12-20(17)32)22(33)23(21(31)25(35)37-4)38-15-16-8-6-5-7-9-16/h5-12,14,32H,13,15H2,1-4H3,(H,29,34)(H,30,36). The fourth-order valence-corrected chi connectivity index (χ4v) is 3.35. The maximum absolute atomic E-state index is 13.4. The Morgan fingerprint density at radius 3 is 2.38 bits per heavy atom. The van der Waals surface area contributed by atoms with Gasteiger partial charge in [0.25, 0.3) is 5.91 Å². The third kappa shape index (κ3) is 7.57. The van der Waals surface area contributed by atoms with Gasteiger partial charge in [-0.3, -0.25) is 9.59 Å². The van der Waals surface area contributed by atoms with E-state index < -0.39 is 57.6 Å². The Morgan fingerprint density at radius 2 is 1.77 bits per heavy atom. The Hall–Kier alpha value is -4.87. The number of aromatic hydroxyl groups is 1. The second-order valence-electron chi connectivity index (χ2n) is 9.25. The van der Waals surface area contributed by atoms with E-state index in [2.05, 4.69) is 10.7 Å². The van der Waals surface area contributed by atoms with Crippen molar-refractivity contribution in [1.29, 1.82) is 0 Å². The molecule has 0 atom stereocenters. The van der Waals surface area contributed by atoms with Crippen LogP contribution in [0.1, 0.15) is 52.7 Å². The van der Waals surface area contributed by atoms with Crippen LogP contribution in [0.4, 0.5) is 9.18 Å². The van der Waals surface area contributed by atoms with Crippen LogP contribution in [-0.4, -0.2) is 40.5 Å². The number of benzene rings is 2. The molecule has 0 bridgehead atoms. The second kappa shape index (κ2) is 12.1. The fourth-order valence-electron chi connectivity index (χ4n) is 3.35. The molecule has 12 heteroatoms. The van der Waals surface area contributed by atoms with E-state index in [1.807, 2.05) is 0 Å². The summed E-state index contributed by atoms with van der Waals surface area (Å²) in [5, 5.41) is 12.4. The number of carbonyl (C=O) groups is 3. The first-order valence-corrected chi connectivity index (χ1v) is 11.7. The lowest BCUT2D eigenvalue weighted by Gasteiger charge is -2.22. The minimum absolute atomic E-state index is 0.152. The Morgan fingerprint density at radius 1 is 1.08 bits per heavy atom. The van der Waals surface area contributed by atoms with Gasteiger partial charge in [-0.25, -0.2) is 24.1 Å². The summed E-state index contributed by atoms with van der Waals surface area (Å²) in [6.07, 6.45) is -0.0683. The third-order valence-corrected chi connectivity index (χ3v) is 5.11. The molecule has 0 aliphatic rings. The molecule has 0 aliphatic heterocycles. The van der Waals surface area contributed by atoms with Crippen molar-refractivity contribution < 1.29 is 38.1 Å². The molecule has 0 fully saturated rings. The number of halogens is 1. The molecule has 1 heterocycles. The van der Waals surface area contributed by atoms with Gasteiger partial charge >= 0.3 is 12.1 Å². The van der Waals surface area contributed by atoms with E-state index in [9.17, 15) is 28.7 Å². The van der Waals surface area contributed by atoms with Crippen LogP contribution in [0, 0.1) is 5.82 Å². The van der Waals surface area contributed by atoms with Crippen molar-refractivity contribution in [2.24, 2.45) is 0 Å². The van der Waals surface area contributed by atoms with Crippen LogP contribution in [-0.2, 0) is 22.6 Å². The molecule has 2 aromatic carbocycles.